The number of pyridine rings is 1. The van der Waals surface area contributed by atoms with Crippen molar-refractivity contribution in [2.75, 3.05) is 41.4 Å². The molecule has 2 aromatic rings. The Labute approximate surface area is 175 Å². The molecule has 0 radical (unpaired) electrons. The van der Waals surface area contributed by atoms with Crippen LogP contribution in [0.3, 0.4) is 0 Å². The molecule has 30 heavy (non-hydrogen) atoms. The Hall–Kier alpha value is -3.39. The number of likely N-dealkylation sites (tertiary alicyclic amines) is 1. The van der Waals surface area contributed by atoms with Gasteiger partial charge in [0.1, 0.15) is 0 Å². The van der Waals surface area contributed by atoms with Gasteiger partial charge in [0.05, 0.1) is 47.4 Å². The quantitative estimate of drug-likeness (QED) is 0.374. The second-order valence-electron chi connectivity index (χ2n) is 7.29. The maximum absolute atomic E-state index is 13.4. The Morgan fingerprint density at radius 2 is 1.90 bits per heavy atom. The highest BCUT2D eigenvalue weighted by molar-refractivity contribution is 6.46. The predicted molar refractivity (Wildman–Crippen MR) is 108 cm³/mol. The SMILES string of the molecule is COc1ccc(C([O-])=C2C(=O)C(=O)N(CC[NH+](C)C)C2c2cccnc2)cc1OC. The van der Waals surface area contributed by atoms with E-state index >= 15 is 0 Å². The summed E-state index contributed by atoms with van der Waals surface area (Å²) in [5.74, 6) is -1.13. The highest BCUT2D eigenvalue weighted by atomic mass is 16.5. The number of hydrogen-bond donors (Lipinski definition) is 1. The number of hydrogen-bond acceptors (Lipinski definition) is 6. The van der Waals surface area contributed by atoms with Crippen LogP contribution in [0, 0.1) is 0 Å². The Bertz CT molecular complexity index is 972. The van der Waals surface area contributed by atoms with Gasteiger partial charge in [-0.2, -0.15) is 0 Å². The van der Waals surface area contributed by atoms with E-state index in [1.54, 1.807) is 36.7 Å². The molecule has 1 amide bonds. The molecular formula is C22H25N3O5. The average Bonchev–Trinajstić information content (AvgIpc) is 3.01. The second kappa shape index (κ2) is 8.96. The number of aromatic nitrogens is 1. The third-order valence-electron chi connectivity index (χ3n) is 5.03. The van der Waals surface area contributed by atoms with Gasteiger partial charge in [-0.3, -0.25) is 14.6 Å². The van der Waals surface area contributed by atoms with Gasteiger partial charge in [-0.1, -0.05) is 17.9 Å². The fourth-order valence-electron chi connectivity index (χ4n) is 3.46. The Kier molecular flexibility index (Phi) is 6.37. The number of rotatable bonds is 7. The van der Waals surface area contributed by atoms with Crippen LogP contribution in [0.25, 0.3) is 5.76 Å². The van der Waals surface area contributed by atoms with Gasteiger partial charge in [0.15, 0.2) is 11.5 Å². The van der Waals surface area contributed by atoms with E-state index in [0.717, 1.165) is 4.90 Å². The van der Waals surface area contributed by atoms with E-state index in [1.165, 1.54) is 25.2 Å². The number of carbonyl (C=O) groups excluding carboxylic acids is 2. The number of benzene rings is 1. The van der Waals surface area contributed by atoms with Crippen LogP contribution in [0.5, 0.6) is 11.5 Å². The molecule has 0 bridgehead atoms. The second-order valence-corrected chi connectivity index (χ2v) is 7.29. The Balaban J connectivity index is 2.14. The normalized spacial score (nSPS) is 18.2. The zero-order valence-corrected chi connectivity index (χ0v) is 17.5. The number of likely N-dealkylation sites (N-methyl/N-ethyl adjacent to an activating group) is 1. The van der Waals surface area contributed by atoms with Gasteiger partial charge in [0, 0.05) is 18.0 Å². The summed E-state index contributed by atoms with van der Waals surface area (Å²) < 4.78 is 10.5. The van der Waals surface area contributed by atoms with Gasteiger partial charge in [-0.25, -0.2) is 0 Å². The van der Waals surface area contributed by atoms with Crippen molar-refractivity contribution in [3.8, 4) is 11.5 Å². The monoisotopic (exact) mass is 411 g/mol. The summed E-state index contributed by atoms with van der Waals surface area (Å²) in [5, 5.41) is 13.4. The molecule has 1 aliphatic heterocycles. The summed E-state index contributed by atoms with van der Waals surface area (Å²) in [6.07, 6.45) is 3.18. The average molecular weight is 411 g/mol. The standard InChI is InChI=1S/C22H25N3O5/c1-24(2)10-11-25-19(15-6-5-9-23-13-15)18(21(27)22(25)28)20(26)14-7-8-16(29-3)17(12-14)30-4/h5-9,12-13,19,26H,10-11H2,1-4H3. The summed E-state index contributed by atoms with van der Waals surface area (Å²) in [6, 6.07) is 7.37. The third kappa shape index (κ3) is 3.99. The van der Waals surface area contributed by atoms with Crippen LogP contribution >= 0.6 is 0 Å². The van der Waals surface area contributed by atoms with Crippen LogP contribution in [0.15, 0.2) is 48.3 Å². The minimum atomic E-state index is -0.780. The van der Waals surface area contributed by atoms with E-state index in [0.29, 0.717) is 30.2 Å². The van der Waals surface area contributed by atoms with Crippen molar-refractivity contribution in [1.82, 2.24) is 9.88 Å². The maximum atomic E-state index is 13.4. The summed E-state index contributed by atoms with van der Waals surface area (Å²) >= 11 is 0. The molecule has 1 aromatic carbocycles. The number of quaternary nitrogens is 1. The first-order valence-corrected chi connectivity index (χ1v) is 9.56. The highest BCUT2D eigenvalue weighted by Crippen LogP contribution is 2.39. The molecule has 1 atom stereocenters. The summed E-state index contributed by atoms with van der Waals surface area (Å²) in [5.41, 5.74) is 0.793. The van der Waals surface area contributed by atoms with Gasteiger partial charge < -0.3 is 24.4 Å². The van der Waals surface area contributed by atoms with Crippen LogP contribution in [-0.2, 0) is 9.59 Å². The van der Waals surface area contributed by atoms with Gasteiger partial charge in [-0.05, 0) is 29.3 Å². The van der Waals surface area contributed by atoms with Crippen LogP contribution in [0.2, 0.25) is 0 Å². The van der Waals surface area contributed by atoms with E-state index in [1.807, 2.05) is 14.1 Å². The van der Waals surface area contributed by atoms with Crippen molar-refractivity contribution < 1.29 is 29.1 Å². The van der Waals surface area contributed by atoms with E-state index in [-0.39, 0.29) is 11.1 Å². The molecule has 1 fully saturated rings. The van der Waals surface area contributed by atoms with Crippen molar-refractivity contribution in [3.05, 3.63) is 59.4 Å². The lowest BCUT2D eigenvalue weighted by Crippen LogP contribution is -3.06. The van der Waals surface area contributed by atoms with Crippen LogP contribution in [0.1, 0.15) is 17.2 Å². The van der Waals surface area contributed by atoms with E-state index < -0.39 is 23.5 Å². The maximum Gasteiger partial charge on any atom is 0.295 e. The highest BCUT2D eigenvalue weighted by Gasteiger charge is 2.44. The predicted octanol–water partition coefficient (Wildman–Crippen LogP) is -0.533. The smallest absolute Gasteiger partial charge is 0.295 e. The number of amides is 1. The van der Waals surface area contributed by atoms with Crippen LogP contribution < -0.4 is 19.5 Å². The van der Waals surface area contributed by atoms with Crippen LogP contribution in [-0.4, -0.2) is 63.0 Å². The third-order valence-corrected chi connectivity index (χ3v) is 5.03. The summed E-state index contributed by atoms with van der Waals surface area (Å²) in [4.78, 5) is 32.4. The van der Waals surface area contributed by atoms with Crippen molar-refractivity contribution in [1.29, 1.82) is 0 Å². The Morgan fingerprint density at radius 3 is 2.50 bits per heavy atom. The molecule has 8 nitrogen and oxygen atoms in total. The fourth-order valence-corrected chi connectivity index (χ4v) is 3.46. The first kappa shape index (κ1) is 21.3. The van der Waals surface area contributed by atoms with Gasteiger partial charge in [0.2, 0.25) is 5.78 Å². The topological polar surface area (TPSA) is 96.2 Å². The number of nitrogens with zero attached hydrogens (tertiary/aromatic N) is 2. The van der Waals surface area contributed by atoms with Crippen molar-refractivity contribution in [2.45, 2.75) is 6.04 Å². The molecule has 8 heteroatoms. The lowest BCUT2D eigenvalue weighted by molar-refractivity contribution is -0.857. The number of ether oxygens (including phenoxy) is 2. The number of methoxy groups -OCH3 is 2. The molecule has 1 unspecified atom stereocenters. The van der Waals surface area contributed by atoms with Crippen molar-refractivity contribution in [2.24, 2.45) is 0 Å². The summed E-state index contributed by atoms with van der Waals surface area (Å²) in [7, 11) is 6.88. The van der Waals surface area contributed by atoms with E-state index in [4.69, 9.17) is 9.47 Å². The largest absolute Gasteiger partial charge is 0.872 e. The molecule has 0 spiro atoms. The minimum Gasteiger partial charge on any atom is -0.872 e. The van der Waals surface area contributed by atoms with Gasteiger partial charge in [0.25, 0.3) is 5.91 Å². The molecule has 1 saturated heterocycles. The molecule has 1 aromatic heterocycles. The molecule has 2 heterocycles. The van der Waals surface area contributed by atoms with Gasteiger partial charge >= 0.3 is 0 Å². The molecular weight excluding hydrogens is 386 g/mol. The Morgan fingerprint density at radius 1 is 1.17 bits per heavy atom. The molecule has 1 aliphatic rings. The molecule has 0 saturated carbocycles. The number of carbonyl (C=O) groups is 2. The van der Waals surface area contributed by atoms with Crippen molar-refractivity contribution >= 4 is 17.4 Å². The zero-order chi connectivity index (χ0) is 21.8. The van der Waals surface area contributed by atoms with Gasteiger partial charge in [-0.15, -0.1) is 0 Å². The molecule has 158 valence electrons. The number of nitrogens with one attached hydrogen (secondary N) is 1. The van der Waals surface area contributed by atoms with E-state index in [9.17, 15) is 14.7 Å². The molecule has 1 N–H and O–H groups in total. The summed E-state index contributed by atoms with van der Waals surface area (Å²) in [6.45, 7) is 0.975. The lowest BCUT2D eigenvalue weighted by Gasteiger charge is -2.27. The number of ketones is 1. The minimum absolute atomic E-state index is 0.0750. The fraction of sp³-hybridized carbons (Fsp3) is 0.318. The van der Waals surface area contributed by atoms with Crippen molar-refractivity contribution in [3.63, 3.8) is 0 Å². The lowest BCUT2D eigenvalue weighted by atomic mass is 9.96. The number of Topliss-reactive ketones (excluding diaryl/α,β-unsaturated/α-hetero) is 1. The molecule has 3 rings (SSSR count). The van der Waals surface area contributed by atoms with E-state index in [2.05, 4.69) is 4.98 Å². The zero-order valence-electron chi connectivity index (χ0n) is 17.5. The molecule has 0 aliphatic carbocycles. The first-order valence-electron chi connectivity index (χ1n) is 9.56. The van der Waals surface area contributed by atoms with Crippen LogP contribution in [0.4, 0.5) is 0 Å². The first-order chi connectivity index (χ1) is 14.4.